The maximum absolute atomic E-state index is 12.2. The number of nitrogens with one attached hydrogen (secondary N) is 2. The van der Waals surface area contributed by atoms with Gasteiger partial charge in [0.15, 0.2) is 5.78 Å². The molecule has 0 bridgehead atoms. The van der Waals surface area contributed by atoms with Crippen LogP contribution in [0.2, 0.25) is 5.02 Å². The maximum Gasteiger partial charge on any atom is 0.256 e. The first-order valence-electron chi connectivity index (χ1n) is 7.92. The van der Waals surface area contributed by atoms with Gasteiger partial charge in [0.05, 0.1) is 11.9 Å². The Balaban J connectivity index is 1.66. The molecule has 6 heteroatoms. The molecule has 0 fully saturated rings. The Morgan fingerprint density at radius 1 is 0.923 bits per heavy atom. The van der Waals surface area contributed by atoms with E-state index in [1.807, 2.05) is 12.1 Å². The third kappa shape index (κ3) is 4.46. The van der Waals surface area contributed by atoms with Crippen molar-refractivity contribution in [1.29, 1.82) is 0 Å². The first-order valence-corrected chi connectivity index (χ1v) is 8.30. The summed E-state index contributed by atoms with van der Waals surface area (Å²) in [5, 5.41) is 6.48. The van der Waals surface area contributed by atoms with Crippen molar-refractivity contribution < 1.29 is 9.59 Å². The van der Waals surface area contributed by atoms with Crippen LogP contribution in [0.1, 0.15) is 27.6 Å². The number of benzene rings is 2. The standard InChI is InChI=1S/C20H16ClN3O2/c1-13(25)15-3-2-4-17(11-15)23-18-9-10-19(22-12-18)24-20(26)14-5-7-16(21)8-6-14/h2-12,23H,1H3,(H,22,24,26). The van der Waals surface area contributed by atoms with Gasteiger partial charge in [0.2, 0.25) is 0 Å². The summed E-state index contributed by atoms with van der Waals surface area (Å²) in [5.41, 5.74) is 2.67. The molecule has 0 spiro atoms. The SMILES string of the molecule is CC(=O)c1cccc(Nc2ccc(NC(=O)c3ccc(Cl)cc3)nc2)c1. The predicted octanol–water partition coefficient (Wildman–Crippen LogP) is 4.93. The molecule has 0 aliphatic heterocycles. The molecule has 1 aromatic heterocycles. The number of nitrogens with zero attached hydrogens (tertiary/aromatic N) is 1. The number of amides is 1. The molecule has 2 N–H and O–H groups in total. The minimum atomic E-state index is -0.260. The van der Waals surface area contributed by atoms with E-state index in [9.17, 15) is 9.59 Å². The Morgan fingerprint density at radius 3 is 2.35 bits per heavy atom. The number of ketones is 1. The van der Waals surface area contributed by atoms with Gasteiger partial charge in [0, 0.05) is 21.8 Å². The van der Waals surface area contributed by atoms with Crippen molar-refractivity contribution in [3.8, 4) is 0 Å². The second-order valence-electron chi connectivity index (χ2n) is 5.66. The number of carbonyl (C=O) groups is 2. The van der Waals surface area contributed by atoms with E-state index in [0.717, 1.165) is 11.4 Å². The number of aromatic nitrogens is 1. The Kier molecular flexibility index (Phi) is 5.29. The molecule has 0 saturated carbocycles. The van der Waals surface area contributed by atoms with Crippen LogP contribution < -0.4 is 10.6 Å². The summed E-state index contributed by atoms with van der Waals surface area (Å²) in [7, 11) is 0. The summed E-state index contributed by atoms with van der Waals surface area (Å²) < 4.78 is 0. The number of Topliss-reactive ketones (excluding diaryl/α,β-unsaturated/α-hetero) is 1. The van der Waals surface area contributed by atoms with Gasteiger partial charge in [-0.25, -0.2) is 4.98 Å². The molecule has 1 heterocycles. The van der Waals surface area contributed by atoms with Gasteiger partial charge in [-0.15, -0.1) is 0 Å². The van der Waals surface area contributed by atoms with Crippen LogP contribution in [0.4, 0.5) is 17.2 Å². The fourth-order valence-electron chi connectivity index (χ4n) is 2.31. The normalized spacial score (nSPS) is 10.2. The van der Waals surface area contributed by atoms with E-state index in [0.29, 0.717) is 22.0 Å². The molecular weight excluding hydrogens is 350 g/mol. The number of hydrogen-bond acceptors (Lipinski definition) is 4. The van der Waals surface area contributed by atoms with Crippen LogP contribution in [0, 0.1) is 0 Å². The van der Waals surface area contributed by atoms with Crippen molar-refractivity contribution >= 4 is 40.5 Å². The first kappa shape index (κ1) is 17.6. The molecule has 0 radical (unpaired) electrons. The van der Waals surface area contributed by atoms with Crippen LogP contribution in [0.3, 0.4) is 0 Å². The van der Waals surface area contributed by atoms with Crippen molar-refractivity contribution in [2.45, 2.75) is 6.92 Å². The molecule has 3 aromatic rings. The van der Waals surface area contributed by atoms with Gasteiger partial charge in [-0.3, -0.25) is 9.59 Å². The van der Waals surface area contributed by atoms with Gasteiger partial charge in [-0.1, -0.05) is 23.7 Å². The third-order valence-electron chi connectivity index (χ3n) is 3.67. The number of anilines is 3. The highest BCUT2D eigenvalue weighted by atomic mass is 35.5. The quantitative estimate of drug-likeness (QED) is 0.628. The molecule has 0 unspecified atom stereocenters. The van der Waals surface area contributed by atoms with Gasteiger partial charge >= 0.3 is 0 Å². The van der Waals surface area contributed by atoms with Gasteiger partial charge in [0.25, 0.3) is 5.91 Å². The lowest BCUT2D eigenvalue weighted by Gasteiger charge is -2.09. The summed E-state index contributed by atoms with van der Waals surface area (Å²) in [4.78, 5) is 27.8. The summed E-state index contributed by atoms with van der Waals surface area (Å²) in [6, 6.07) is 17.3. The molecule has 1 amide bonds. The second-order valence-corrected chi connectivity index (χ2v) is 6.09. The largest absolute Gasteiger partial charge is 0.354 e. The highest BCUT2D eigenvalue weighted by Crippen LogP contribution is 2.19. The lowest BCUT2D eigenvalue weighted by Crippen LogP contribution is -2.12. The van der Waals surface area contributed by atoms with Crippen LogP contribution in [0.25, 0.3) is 0 Å². The molecule has 26 heavy (non-hydrogen) atoms. The molecule has 5 nitrogen and oxygen atoms in total. The Morgan fingerprint density at radius 2 is 1.69 bits per heavy atom. The number of halogens is 1. The average molecular weight is 366 g/mol. The zero-order chi connectivity index (χ0) is 18.5. The zero-order valence-corrected chi connectivity index (χ0v) is 14.7. The molecule has 0 aliphatic rings. The van der Waals surface area contributed by atoms with Crippen LogP contribution in [0.5, 0.6) is 0 Å². The van der Waals surface area contributed by atoms with Gasteiger partial charge in [-0.2, -0.15) is 0 Å². The first-order chi connectivity index (χ1) is 12.5. The number of rotatable bonds is 5. The minimum Gasteiger partial charge on any atom is -0.354 e. The molecule has 3 rings (SSSR count). The summed E-state index contributed by atoms with van der Waals surface area (Å²) >= 11 is 5.82. The monoisotopic (exact) mass is 365 g/mol. The molecule has 0 aliphatic carbocycles. The fourth-order valence-corrected chi connectivity index (χ4v) is 2.44. The van der Waals surface area contributed by atoms with Crippen LogP contribution in [-0.4, -0.2) is 16.7 Å². The summed E-state index contributed by atoms with van der Waals surface area (Å²) in [5.74, 6) is 0.184. The highest BCUT2D eigenvalue weighted by Gasteiger charge is 2.07. The van der Waals surface area contributed by atoms with Gasteiger partial charge < -0.3 is 10.6 Å². The Hall–Kier alpha value is -3.18. The number of pyridine rings is 1. The van der Waals surface area contributed by atoms with Gasteiger partial charge in [-0.05, 0) is 55.5 Å². The molecule has 130 valence electrons. The van der Waals surface area contributed by atoms with Crippen molar-refractivity contribution in [2.24, 2.45) is 0 Å². The predicted molar refractivity (Wildman–Crippen MR) is 103 cm³/mol. The lowest BCUT2D eigenvalue weighted by molar-refractivity contribution is 0.101. The van der Waals surface area contributed by atoms with Crippen molar-refractivity contribution in [1.82, 2.24) is 4.98 Å². The van der Waals surface area contributed by atoms with Crippen LogP contribution >= 0.6 is 11.6 Å². The highest BCUT2D eigenvalue weighted by molar-refractivity contribution is 6.30. The topological polar surface area (TPSA) is 71.1 Å². The third-order valence-corrected chi connectivity index (χ3v) is 3.92. The summed E-state index contributed by atoms with van der Waals surface area (Å²) in [6.45, 7) is 1.53. The lowest BCUT2D eigenvalue weighted by atomic mass is 10.1. The Labute approximate surface area is 156 Å². The van der Waals surface area contributed by atoms with E-state index in [-0.39, 0.29) is 11.7 Å². The van der Waals surface area contributed by atoms with E-state index in [1.54, 1.807) is 54.7 Å². The Bertz CT molecular complexity index is 938. The molecular formula is C20H16ClN3O2. The smallest absolute Gasteiger partial charge is 0.256 e. The van der Waals surface area contributed by atoms with Crippen molar-refractivity contribution in [3.05, 3.63) is 83.0 Å². The molecule has 0 saturated heterocycles. The van der Waals surface area contributed by atoms with E-state index in [4.69, 9.17) is 11.6 Å². The van der Waals surface area contributed by atoms with E-state index < -0.39 is 0 Å². The minimum absolute atomic E-state index is 0.00651. The second kappa shape index (κ2) is 7.80. The van der Waals surface area contributed by atoms with E-state index in [2.05, 4.69) is 15.6 Å². The maximum atomic E-state index is 12.2. The van der Waals surface area contributed by atoms with Crippen molar-refractivity contribution in [3.63, 3.8) is 0 Å². The number of carbonyl (C=O) groups excluding carboxylic acids is 2. The summed E-state index contributed by atoms with van der Waals surface area (Å²) in [6.07, 6.45) is 1.61. The van der Waals surface area contributed by atoms with Crippen LogP contribution in [0.15, 0.2) is 66.9 Å². The van der Waals surface area contributed by atoms with Crippen LogP contribution in [-0.2, 0) is 0 Å². The zero-order valence-electron chi connectivity index (χ0n) is 14.0. The average Bonchev–Trinajstić information content (AvgIpc) is 2.64. The molecule has 2 aromatic carbocycles. The molecule has 0 atom stereocenters. The van der Waals surface area contributed by atoms with Gasteiger partial charge in [0.1, 0.15) is 5.82 Å². The fraction of sp³-hybridized carbons (Fsp3) is 0.0500. The van der Waals surface area contributed by atoms with E-state index >= 15 is 0 Å². The number of hydrogen-bond donors (Lipinski definition) is 2. The van der Waals surface area contributed by atoms with Crippen molar-refractivity contribution in [2.75, 3.05) is 10.6 Å². The van der Waals surface area contributed by atoms with E-state index in [1.165, 1.54) is 6.92 Å².